The molecule has 1 fully saturated rings. The SMILES string of the molecule is N#CCCN(C(=O)c1cc(F)ccc1N)C1CC1. The van der Waals surface area contributed by atoms with Gasteiger partial charge in [0.15, 0.2) is 0 Å². The molecular formula is C13H14FN3O. The summed E-state index contributed by atoms with van der Waals surface area (Å²) < 4.78 is 13.2. The third kappa shape index (κ3) is 2.59. The Labute approximate surface area is 105 Å². The minimum absolute atomic E-state index is 0.175. The van der Waals surface area contributed by atoms with Crippen molar-refractivity contribution in [2.24, 2.45) is 0 Å². The minimum Gasteiger partial charge on any atom is -0.398 e. The predicted molar refractivity (Wildman–Crippen MR) is 65.1 cm³/mol. The molecule has 1 saturated carbocycles. The number of hydrogen-bond acceptors (Lipinski definition) is 3. The van der Waals surface area contributed by atoms with E-state index in [2.05, 4.69) is 0 Å². The Bertz CT molecular complexity index is 505. The van der Waals surface area contributed by atoms with Gasteiger partial charge in [-0.15, -0.1) is 0 Å². The van der Waals surface area contributed by atoms with Gasteiger partial charge in [-0.3, -0.25) is 4.79 Å². The first-order valence-corrected chi connectivity index (χ1v) is 5.86. The van der Waals surface area contributed by atoms with E-state index in [0.29, 0.717) is 6.54 Å². The lowest BCUT2D eigenvalue weighted by Crippen LogP contribution is -2.34. The molecule has 0 heterocycles. The Kier molecular flexibility index (Phi) is 3.47. The van der Waals surface area contributed by atoms with Crippen molar-refractivity contribution in [1.82, 2.24) is 4.90 Å². The number of benzene rings is 1. The number of nitriles is 1. The second kappa shape index (κ2) is 5.05. The maximum absolute atomic E-state index is 13.2. The minimum atomic E-state index is -0.483. The van der Waals surface area contributed by atoms with Crippen molar-refractivity contribution in [3.63, 3.8) is 0 Å². The normalized spacial score (nSPS) is 14.0. The highest BCUT2D eigenvalue weighted by Gasteiger charge is 2.33. The lowest BCUT2D eigenvalue weighted by Gasteiger charge is -2.22. The topological polar surface area (TPSA) is 70.1 Å². The highest BCUT2D eigenvalue weighted by atomic mass is 19.1. The molecule has 1 aliphatic carbocycles. The van der Waals surface area contributed by atoms with Crippen LogP contribution < -0.4 is 5.73 Å². The Morgan fingerprint density at radius 3 is 2.89 bits per heavy atom. The van der Waals surface area contributed by atoms with Crippen LogP contribution in [0.4, 0.5) is 10.1 Å². The van der Waals surface area contributed by atoms with Gasteiger partial charge >= 0.3 is 0 Å². The molecule has 1 aliphatic rings. The number of amides is 1. The lowest BCUT2D eigenvalue weighted by molar-refractivity contribution is 0.0747. The second-order valence-corrected chi connectivity index (χ2v) is 4.37. The number of rotatable bonds is 4. The first kappa shape index (κ1) is 12.4. The number of carbonyl (C=O) groups is 1. The van der Waals surface area contributed by atoms with Gasteiger partial charge in [-0.25, -0.2) is 4.39 Å². The van der Waals surface area contributed by atoms with Crippen molar-refractivity contribution in [3.05, 3.63) is 29.6 Å². The number of nitrogens with two attached hydrogens (primary N) is 1. The highest BCUT2D eigenvalue weighted by molar-refractivity contribution is 5.99. The van der Waals surface area contributed by atoms with Gasteiger partial charge in [-0.2, -0.15) is 5.26 Å². The average molecular weight is 247 g/mol. The average Bonchev–Trinajstić information content (AvgIpc) is 3.17. The van der Waals surface area contributed by atoms with Gasteiger partial charge in [0.05, 0.1) is 18.1 Å². The van der Waals surface area contributed by atoms with Crippen LogP contribution >= 0.6 is 0 Å². The van der Waals surface area contributed by atoms with Crippen LogP contribution in [0.3, 0.4) is 0 Å². The van der Waals surface area contributed by atoms with Crippen molar-refractivity contribution in [3.8, 4) is 6.07 Å². The highest BCUT2D eigenvalue weighted by Crippen LogP contribution is 2.29. The summed E-state index contributed by atoms with van der Waals surface area (Å²) in [6.45, 7) is 0.371. The Hall–Kier alpha value is -2.09. The molecule has 1 aromatic carbocycles. The summed E-state index contributed by atoms with van der Waals surface area (Å²) in [5.74, 6) is -0.770. The number of carbonyl (C=O) groups excluding carboxylic acids is 1. The maximum Gasteiger partial charge on any atom is 0.256 e. The van der Waals surface area contributed by atoms with Crippen LogP contribution in [0, 0.1) is 17.1 Å². The number of anilines is 1. The second-order valence-electron chi connectivity index (χ2n) is 4.37. The molecule has 1 aromatic rings. The Morgan fingerprint density at radius 2 is 2.28 bits per heavy atom. The van der Waals surface area contributed by atoms with Crippen molar-refractivity contribution in [2.45, 2.75) is 25.3 Å². The quantitative estimate of drug-likeness (QED) is 0.826. The summed E-state index contributed by atoms with van der Waals surface area (Å²) in [7, 11) is 0. The standard InChI is InChI=1S/C13H14FN3O/c14-9-2-5-12(16)11(8-9)13(18)17(7-1-6-15)10-3-4-10/h2,5,8,10H,1,3-4,7,16H2. The molecule has 2 rings (SSSR count). The molecule has 18 heavy (non-hydrogen) atoms. The fourth-order valence-corrected chi connectivity index (χ4v) is 1.88. The van der Waals surface area contributed by atoms with E-state index in [1.54, 1.807) is 4.90 Å². The molecule has 0 atom stereocenters. The molecular weight excluding hydrogens is 233 g/mol. The van der Waals surface area contributed by atoms with E-state index in [9.17, 15) is 9.18 Å². The number of hydrogen-bond donors (Lipinski definition) is 1. The zero-order valence-electron chi connectivity index (χ0n) is 9.90. The first-order chi connectivity index (χ1) is 8.63. The smallest absolute Gasteiger partial charge is 0.256 e. The van der Waals surface area contributed by atoms with Gasteiger partial charge in [-0.05, 0) is 31.0 Å². The van der Waals surface area contributed by atoms with Crippen LogP contribution in [-0.4, -0.2) is 23.4 Å². The van der Waals surface area contributed by atoms with Gasteiger partial charge < -0.3 is 10.6 Å². The third-order valence-corrected chi connectivity index (χ3v) is 2.96. The molecule has 0 radical (unpaired) electrons. The molecule has 0 saturated heterocycles. The molecule has 0 aliphatic heterocycles. The molecule has 1 amide bonds. The van der Waals surface area contributed by atoms with E-state index < -0.39 is 5.82 Å². The first-order valence-electron chi connectivity index (χ1n) is 5.86. The van der Waals surface area contributed by atoms with Crippen LogP contribution in [0.2, 0.25) is 0 Å². The van der Waals surface area contributed by atoms with Gasteiger partial charge in [0, 0.05) is 18.3 Å². The molecule has 5 heteroatoms. The maximum atomic E-state index is 13.2. The fourth-order valence-electron chi connectivity index (χ4n) is 1.88. The van der Waals surface area contributed by atoms with Crippen LogP contribution in [0.15, 0.2) is 18.2 Å². The molecule has 2 N–H and O–H groups in total. The van der Waals surface area contributed by atoms with E-state index in [-0.39, 0.29) is 29.6 Å². The van der Waals surface area contributed by atoms with E-state index in [0.717, 1.165) is 18.9 Å². The van der Waals surface area contributed by atoms with Crippen molar-refractivity contribution in [2.75, 3.05) is 12.3 Å². The Balaban J connectivity index is 2.22. The number of halogens is 1. The van der Waals surface area contributed by atoms with Gasteiger partial charge in [0.25, 0.3) is 5.91 Å². The van der Waals surface area contributed by atoms with Crippen molar-refractivity contribution in [1.29, 1.82) is 5.26 Å². The van der Waals surface area contributed by atoms with Crippen LogP contribution in [0.25, 0.3) is 0 Å². The third-order valence-electron chi connectivity index (χ3n) is 2.96. The monoisotopic (exact) mass is 247 g/mol. The van der Waals surface area contributed by atoms with Gasteiger partial charge in [0.1, 0.15) is 5.82 Å². The van der Waals surface area contributed by atoms with Gasteiger partial charge in [-0.1, -0.05) is 0 Å². The van der Waals surface area contributed by atoms with Crippen molar-refractivity contribution >= 4 is 11.6 Å². The molecule has 0 aromatic heterocycles. The summed E-state index contributed by atoms with van der Waals surface area (Å²) in [5.41, 5.74) is 6.15. The largest absolute Gasteiger partial charge is 0.398 e. The van der Waals surface area contributed by atoms with Gasteiger partial charge in [0.2, 0.25) is 0 Å². The Morgan fingerprint density at radius 1 is 1.56 bits per heavy atom. The van der Waals surface area contributed by atoms with E-state index in [1.165, 1.54) is 12.1 Å². The summed E-state index contributed by atoms with van der Waals surface area (Å²) in [6.07, 6.45) is 2.15. The van der Waals surface area contributed by atoms with Crippen LogP contribution in [-0.2, 0) is 0 Å². The fraction of sp³-hybridized carbons (Fsp3) is 0.385. The molecule has 0 bridgehead atoms. The summed E-state index contributed by atoms with van der Waals surface area (Å²) >= 11 is 0. The van der Waals surface area contributed by atoms with Crippen LogP contribution in [0.1, 0.15) is 29.6 Å². The van der Waals surface area contributed by atoms with E-state index in [4.69, 9.17) is 11.0 Å². The zero-order chi connectivity index (χ0) is 13.1. The predicted octanol–water partition coefficient (Wildman–Crippen LogP) is 1.93. The van der Waals surface area contributed by atoms with Crippen LogP contribution in [0.5, 0.6) is 0 Å². The van der Waals surface area contributed by atoms with Crippen molar-refractivity contribution < 1.29 is 9.18 Å². The summed E-state index contributed by atoms with van der Waals surface area (Å²) in [4.78, 5) is 13.9. The molecule has 94 valence electrons. The number of nitrogen functional groups attached to an aromatic ring is 1. The number of nitrogens with zero attached hydrogens (tertiary/aromatic N) is 2. The zero-order valence-corrected chi connectivity index (χ0v) is 9.90. The lowest BCUT2D eigenvalue weighted by atomic mass is 10.1. The summed E-state index contributed by atoms with van der Waals surface area (Å²) in [6, 6.07) is 5.95. The molecule has 0 unspecified atom stereocenters. The summed E-state index contributed by atoms with van der Waals surface area (Å²) in [5, 5.41) is 8.60. The molecule has 4 nitrogen and oxygen atoms in total. The molecule has 0 spiro atoms. The van der Waals surface area contributed by atoms with E-state index >= 15 is 0 Å². The van der Waals surface area contributed by atoms with E-state index in [1.807, 2.05) is 6.07 Å².